The number of rotatable bonds is 11. The van der Waals surface area contributed by atoms with Gasteiger partial charge in [0.25, 0.3) is 0 Å². The number of methoxy groups -OCH3 is 2. The molecule has 8 nitrogen and oxygen atoms in total. The second-order valence-corrected chi connectivity index (χ2v) is 5.60. The summed E-state index contributed by atoms with van der Waals surface area (Å²) in [5, 5.41) is 12.9. The Labute approximate surface area is 163 Å². The van der Waals surface area contributed by atoms with Crippen molar-refractivity contribution in [2.45, 2.75) is 13.5 Å². The van der Waals surface area contributed by atoms with Gasteiger partial charge in [-0.2, -0.15) is 5.10 Å². The summed E-state index contributed by atoms with van der Waals surface area (Å²) in [7, 11) is 3.18. The first-order valence-corrected chi connectivity index (χ1v) is 8.65. The van der Waals surface area contributed by atoms with E-state index in [1.54, 1.807) is 38.6 Å². The molecule has 0 heterocycles. The van der Waals surface area contributed by atoms with Crippen molar-refractivity contribution in [3.63, 3.8) is 0 Å². The fourth-order valence-corrected chi connectivity index (χ4v) is 2.38. The molecule has 150 valence electrons. The number of carboxylic acids is 1. The first kappa shape index (κ1) is 20.9. The molecule has 0 fully saturated rings. The first-order chi connectivity index (χ1) is 13.6. The molecule has 28 heavy (non-hydrogen) atoms. The number of hydrogen-bond donors (Lipinski definition) is 2. The van der Waals surface area contributed by atoms with E-state index in [2.05, 4.69) is 10.5 Å². The van der Waals surface area contributed by atoms with Crippen molar-refractivity contribution in [3.05, 3.63) is 47.5 Å². The molecule has 0 spiro atoms. The number of carbonyl (C=O) groups is 1. The molecule has 0 saturated carbocycles. The Morgan fingerprint density at radius 2 is 1.79 bits per heavy atom. The smallest absolute Gasteiger partial charge is 0.341 e. The molecule has 2 aromatic carbocycles. The lowest BCUT2D eigenvalue weighted by atomic mass is 10.2. The maximum atomic E-state index is 10.7. The van der Waals surface area contributed by atoms with Crippen LogP contribution in [0.25, 0.3) is 0 Å². The predicted octanol–water partition coefficient (Wildman–Crippen LogP) is 2.69. The second kappa shape index (κ2) is 10.7. The Balaban J connectivity index is 1.99. The van der Waals surface area contributed by atoms with Crippen molar-refractivity contribution in [2.24, 2.45) is 5.10 Å². The first-order valence-electron chi connectivity index (χ1n) is 8.65. The molecule has 0 radical (unpaired) electrons. The van der Waals surface area contributed by atoms with Crippen LogP contribution in [0.5, 0.6) is 23.0 Å². The molecular formula is C20H24N2O6. The molecule has 0 saturated heterocycles. The molecule has 0 unspecified atom stereocenters. The standard InChI is InChI=1S/C20H24N2O6/c1-4-27-19-10-15(6-8-17(19)28-13-20(23)24)12-22-21-11-14-5-7-16(25-2)18(9-14)26-3/h5-10,12,21H,4,11,13H2,1-3H3,(H,23,24)/b22-12-. The summed E-state index contributed by atoms with van der Waals surface area (Å²) in [5.74, 6) is 1.12. The number of nitrogens with zero attached hydrogens (tertiary/aromatic N) is 1. The van der Waals surface area contributed by atoms with Crippen LogP contribution in [0, 0.1) is 0 Å². The average Bonchev–Trinajstić information content (AvgIpc) is 2.70. The molecule has 0 aliphatic heterocycles. The van der Waals surface area contributed by atoms with Crippen LogP contribution in [0.1, 0.15) is 18.1 Å². The highest BCUT2D eigenvalue weighted by Gasteiger charge is 2.08. The zero-order valence-corrected chi connectivity index (χ0v) is 16.1. The monoisotopic (exact) mass is 388 g/mol. The minimum Gasteiger partial charge on any atom is -0.493 e. The third-order valence-electron chi connectivity index (χ3n) is 3.65. The van der Waals surface area contributed by atoms with E-state index in [-0.39, 0.29) is 0 Å². The van der Waals surface area contributed by atoms with Crippen LogP contribution in [0.3, 0.4) is 0 Å². The molecule has 0 aliphatic rings. The lowest BCUT2D eigenvalue weighted by Crippen LogP contribution is -2.10. The Morgan fingerprint density at radius 3 is 2.46 bits per heavy atom. The van der Waals surface area contributed by atoms with Gasteiger partial charge < -0.3 is 29.5 Å². The summed E-state index contributed by atoms with van der Waals surface area (Å²) >= 11 is 0. The van der Waals surface area contributed by atoms with Gasteiger partial charge in [-0.25, -0.2) is 4.79 Å². The highest BCUT2D eigenvalue weighted by molar-refractivity contribution is 5.80. The van der Waals surface area contributed by atoms with Gasteiger partial charge in [0.05, 0.1) is 33.6 Å². The van der Waals surface area contributed by atoms with Gasteiger partial charge in [0.2, 0.25) is 0 Å². The van der Waals surface area contributed by atoms with Crippen molar-refractivity contribution in [1.82, 2.24) is 5.43 Å². The van der Waals surface area contributed by atoms with Crippen molar-refractivity contribution in [1.29, 1.82) is 0 Å². The SMILES string of the molecule is CCOc1cc(/C=N\NCc2ccc(OC)c(OC)c2)ccc1OCC(=O)O. The number of ether oxygens (including phenoxy) is 4. The third-order valence-corrected chi connectivity index (χ3v) is 3.65. The molecule has 0 amide bonds. The number of hydrogen-bond acceptors (Lipinski definition) is 7. The van der Waals surface area contributed by atoms with E-state index in [9.17, 15) is 4.79 Å². The molecule has 2 aromatic rings. The molecule has 2 rings (SSSR count). The van der Waals surface area contributed by atoms with E-state index in [1.807, 2.05) is 25.1 Å². The summed E-state index contributed by atoms with van der Waals surface area (Å²) < 4.78 is 21.2. The maximum absolute atomic E-state index is 10.7. The minimum atomic E-state index is -1.05. The summed E-state index contributed by atoms with van der Waals surface area (Å²) in [6, 6.07) is 10.8. The van der Waals surface area contributed by atoms with Crippen LogP contribution in [-0.4, -0.2) is 44.7 Å². The number of benzene rings is 2. The lowest BCUT2D eigenvalue weighted by molar-refractivity contribution is -0.139. The molecule has 0 bridgehead atoms. The van der Waals surface area contributed by atoms with Gasteiger partial charge in [-0.1, -0.05) is 6.07 Å². The maximum Gasteiger partial charge on any atom is 0.341 e. The Kier molecular flexibility index (Phi) is 7.95. The highest BCUT2D eigenvalue weighted by atomic mass is 16.5. The van der Waals surface area contributed by atoms with Gasteiger partial charge in [0, 0.05) is 0 Å². The summed E-state index contributed by atoms with van der Waals surface area (Å²) in [5.41, 5.74) is 4.74. The zero-order chi connectivity index (χ0) is 20.4. The third kappa shape index (κ3) is 6.08. The quantitative estimate of drug-likeness (QED) is 0.451. The van der Waals surface area contributed by atoms with Crippen molar-refractivity contribution in [2.75, 3.05) is 27.4 Å². The van der Waals surface area contributed by atoms with Crippen molar-refractivity contribution in [3.8, 4) is 23.0 Å². The fraction of sp³-hybridized carbons (Fsp3) is 0.300. The van der Waals surface area contributed by atoms with Gasteiger partial charge in [-0.05, 0) is 48.4 Å². The predicted molar refractivity (Wildman–Crippen MR) is 105 cm³/mol. The molecule has 0 aliphatic carbocycles. The number of aliphatic carboxylic acids is 1. The summed E-state index contributed by atoms with van der Waals surface area (Å²) in [6.07, 6.45) is 1.64. The van der Waals surface area contributed by atoms with E-state index < -0.39 is 12.6 Å². The number of carboxylic acid groups (broad SMARTS) is 1. The van der Waals surface area contributed by atoms with Gasteiger partial charge in [-0.15, -0.1) is 0 Å². The van der Waals surface area contributed by atoms with Crippen LogP contribution < -0.4 is 24.4 Å². The average molecular weight is 388 g/mol. The van der Waals surface area contributed by atoms with E-state index in [0.29, 0.717) is 36.1 Å². The molecule has 0 aromatic heterocycles. The molecule has 8 heteroatoms. The normalized spacial score (nSPS) is 10.5. The fourth-order valence-electron chi connectivity index (χ4n) is 2.38. The number of nitrogens with one attached hydrogen (secondary N) is 1. The van der Waals surface area contributed by atoms with Gasteiger partial charge in [-0.3, -0.25) is 0 Å². The van der Waals surface area contributed by atoms with Crippen LogP contribution in [0.2, 0.25) is 0 Å². The van der Waals surface area contributed by atoms with Crippen LogP contribution in [-0.2, 0) is 11.3 Å². The Morgan fingerprint density at radius 1 is 1.04 bits per heavy atom. The molecule has 0 atom stereocenters. The Hall–Kier alpha value is -3.42. The van der Waals surface area contributed by atoms with Gasteiger partial charge >= 0.3 is 5.97 Å². The van der Waals surface area contributed by atoms with Crippen LogP contribution >= 0.6 is 0 Å². The van der Waals surface area contributed by atoms with Crippen LogP contribution in [0.4, 0.5) is 0 Å². The molecular weight excluding hydrogens is 364 g/mol. The second-order valence-electron chi connectivity index (χ2n) is 5.60. The van der Waals surface area contributed by atoms with E-state index in [4.69, 9.17) is 24.1 Å². The van der Waals surface area contributed by atoms with E-state index >= 15 is 0 Å². The number of hydrazone groups is 1. The topological polar surface area (TPSA) is 98.6 Å². The van der Waals surface area contributed by atoms with Gasteiger partial charge in [0.15, 0.2) is 29.6 Å². The minimum absolute atomic E-state index is 0.375. The highest BCUT2D eigenvalue weighted by Crippen LogP contribution is 2.28. The van der Waals surface area contributed by atoms with E-state index in [0.717, 1.165) is 11.1 Å². The zero-order valence-electron chi connectivity index (χ0n) is 16.1. The van der Waals surface area contributed by atoms with E-state index in [1.165, 1.54) is 0 Å². The largest absolute Gasteiger partial charge is 0.493 e. The molecule has 2 N–H and O–H groups in total. The summed E-state index contributed by atoms with van der Waals surface area (Å²) in [4.78, 5) is 10.7. The Bertz CT molecular complexity index is 822. The van der Waals surface area contributed by atoms with Crippen molar-refractivity contribution < 1.29 is 28.8 Å². The van der Waals surface area contributed by atoms with Crippen LogP contribution in [0.15, 0.2) is 41.5 Å². The van der Waals surface area contributed by atoms with Gasteiger partial charge in [0.1, 0.15) is 0 Å². The lowest BCUT2D eigenvalue weighted by Gasteiger charge is -2.11. The van der Waals surface area contributed by atoms with Crippen molar-refractivity contribution >= 4 is 12.2 Å². The summed E-state index contributed by atoms with van der Waals surface area (Å²) in [6.45, 7) is 2.35.